The summed E-state index contributed by atoms with van der Waals surface area (Å²) in [7, 11) is -3.53. The van der Waals surface area contributed by atoms with Gasteiger partial charge in [-0.15, -0.1) is 0 Å². The highest BCUT2D eigenvalue weighted by atomic mass is 32.2. The van der Waals surface area contributed by atoms with Gasteiger partial charge in [0.05, 0.1) is 4.90 Å². The first-order valence-corrected chi connectivity index (χ1v) is 9.25. The Labute approximate surface area is 140 Å². The van der Waals surface area contributed by atoms with Crippen molar-refractivity contribution in [2.75, 3.05) is 6.54 Å². The maximum atomic E-state index is 13.4. The van der Waals surface area contributed by atoms with E-state index in [9.17, 15) is 12.8 Å². The Bertz CT molecular complexity index is 1020. The molecule has 0 radical (unpaired) electrons. The van der Waals surface area contributed by atoms with Gasteiger partial charge in [-0.25, -0.2) is 12.8 Å². The first kappa shape index (κ1) is 15.4. The summed E-state index contributed by atoms with van der Waals surface area (Å²) in [6.07, 6.45) is 0.594. The molecule has 4 rings (SSSR count). The van der Waals surface area contributed by atoms with Gasteiger partial charge in [-0.1, -0.05) is 17.7 Å². The van der Waals surface area contributed by atoms with Crippen molar-refractivity contribution in [1.82, 2.24) is 9.29 Å². The molecule has 0 bridgehead atoms. The smallest absolute Gasteiger partial charge is 0.243 e. The SMILES string of the molecule is Cc1ccc(S(=O)(=O)N2CCc3[nH]c4cc(F)ccc4c3C2)cc1. The number of hydrogen-bond acceptors (Lipinski definition) is 2. The van der Waals surface area contributed by atoms with Crippen LogP contribution in [0.4, 0.5) is 4.39 Å². The molecule has 0 atom stereocenters. The molecule has 6 heteroatoms. The largest absolute Gasteiger partial charge is 0.358 e. The van der Waals surface area contributed by atoms with E-state index in [2.05, 4.69) is 4.98 Å². The van der Waals surface area contributed by atoms with E-state index in [1.165, 1.54) is 16.4 Å². The normalized spacial score (nSPS) is 15.6. The second-order valence-corrected chi connectivity index (χ2v) is 8.11. The fourth-order valence-corrected chi connectivity index (χ4v) is 4.64. The van der Waals surface area contributed by atoms with Crippen LogP contribution in [-0.2, 0) is 23.0 Å². The minimum atomic E-state index is -3.53. The van der Waals surface area contributed by atoms with E-state index >= 15 is 0 Å². The zero-order chi connectivity index (χ0) is 16.9. The van der Waals surface area contributed by atoms with Crippen LogP contribution in [0.5, 0.6) is 0 Å². The number of hydrogen-bond donors (Lipinski definition) is 1. The van der Waals surface area contributed by atoms with E-state index in [1.54, 1.807) is 30.3 Å². The predicted molar refractivity (Wildman–Crippen MR) is 90.7 cm³/mol. The van der Waals surface area contributed by atoms with Gasteiger partial charge in [-0.05, 0) is 42.8 Å². The second kappa shape index (κ2) is 5.43. The minimum Gasteiger partial charge on any atom is -0.358 e. The van der Waals surface area contributed by atoms with E-state index in [-0.39, 0.29) is 5.82 Å². The van der Waals surface area contributed by atoms with Crippen molar-refractivity contribution in [3.05, 3.63) is 65.1 Å². The highest BCUT2D eigenvalue weighted by Gasteiger charge is 2.30. The van der Waals surface area contributed by atoms with E-state index in [0.29, 0.717) is 24.4 Å². The number of nitrogens with one attached hydrogen (secondary N) is 1. The van der Waals surface area contributed by atoms with Crippen molar-refractivity contribution < 1.29 is 12.8 Å². The predicted octanol–water partition coefficient (Wildman–Crippen LogP) is 3.36. The van der Waals surface area contributed by atoms with Gasteiger partial charge in [0.15, 0.2) is 0 Å². The summed E-state index contributed by atoms with van der Waals surface area (Å²) < 4.78 is 40.6. The van der Waals surface area contributed by atoms with E-state index in [0.717, 1.165) is 27.7 Å². The first-order valence-electron chi connectivity index (χ1n) is 7.81. The number of aryl methyl sites for hydroxylation is 1. The molecule has 0 spiro atoms. The van der Waals surface area contributed by atoms with Crippen LogP contribution in [0.25, 0.3) is 10.9 Å². The summed E-state index contributed by atoms with van der Waals surface area (Å²) in [4.78, 5) is 3.52. The van der Waals surface area contributed by atoms with Crippen LogP contribution in [0.3, 0.4) is 0 Å². The number of nitrogens with zero attached hydrogens (tertiary/aromatic N) is 1. The lowest BCUT2D eigenvalue weighted by atomic mass is 10.1. The summed E-state index contributed by atoms with van der Waals surface area (Å²) in [5.41, 5.74) is 3.67. The molecule has 1 N–H and O–H groups in total. The molecule has 0 aliphatic carbocycles. The second-order valence-electron chi connectivity index (χ2n) is 6.17. The first-order chi connectivity index (χ1) is 11.4. The van der Waals surface area contributed by atoms with Crippen molar-refractivity contribution in [2.24, 2.45) is 0 Å². The van der Waals surface area contributed by atoms with Gasteiger partial charge in [0.2, 0.25) is 10.0 Å². The number of benzene rings is 2. The third-order valence-electron chi connectivity index (χ3n) is 4.56. The molecule has 4 nitrogen and oxygen atoms in total. The van der Waals surface area contributed by atoms with Crippen LogP contribution in [-0.4, -0.2) is 24.3 Å². The monoisotopic (exact) mass is 344 g/mol. The lowest BCUT2D eigenvalue weighted by molar-refractivity contribution is 0.391. The minimum absolute atomic E-state index is 0.301. The van der Waals surface area contributed by atoms with Gasteiger partial charge in [-0.2, -0.15) is 4.31 Å². The summed E-state index contributed by atoms with van der Waals surface area (Å²) in [5, 5.41) is 0.884. The van der Waals surface area contributed by atoms with Crippen molar-refractivity contribution in [2.45, 2.75) is 24.8 Å². The number of fused-ring (bicyclic) bond motifs is 3. The van der Waals surface area contributed by atoms with Crippen LogP contribution < -0.4 is 0 Å². The van der Waals surface area contributed by atoms with Crippen LogP contribution in [0, 0.1) is 12.7 Å². The van der Waals surface area contributed by atoms with Gasteiger partial charge >= 0.3 is 0 Å². The van der Waals surface area contributed by atoms with Crippen molar-refractivity contribution in [1.29, 1.82) is 0 Å². The van der Waals surface area contributed by atoms with Gasteiger partial charge in [-0.3, -0.25) is 0 Å². The molecule has 1 aliphatic heterocycles. The molecule has 124 valence electrons. The van der Waals surface area contributed by atoms with Crippen LogP contribution >= 0.6 is 0 Å². The third-order valence-corrected chi connectivity index (χ3v) is 6.42. The van der Waals surface area contributed by atoms with Crippen molar-refractivity contribution >= 4 is 20.9 Å². The Balaban J connectivity index is 1.73. The molecule has 3 aromatic rings. The van der Waals surface area contributed by atoms with Crippen molar-refractivity contribution in [3.63, 3.8) is 0 Å². The lowest BCUT2D eigenvalue weighted by Gasteiger charge is -2.26. The van der Waals surface area contributed by atoms with E-state index in [4.69, 9.17) is 0 Å². The van der Waals surface area contributed by atoms with Gasteiger partial charge < -0.3 is 4.98 Å². The van der Waals surface area contributed by atoms with E-state index in [1.807, 2.05) is 6.92 Å². The summed E-state index contributed by atoms with van der Waals surface area (Å²) in [6.45, 7) is 2.64. The van der Waals surface area contributed by atoms with Crippen LogP contribution in [0.15, 0.2) is 47.4 Å². The molecule has 2 aromatic carbocycles. The molecular weight excluding hydrogens is 327 g/mol. The molecule has 0 fully saturated rings. The Hall–Kier alpha value is -2.18. The van der Waals surface area contributed by atoms with E-state index < -0.39 is 10.0 Å². The lowest BCUT2D eigenvalue weighted by Crippen LogP contribution is -2.35. The topological polar surface area (TPSA) is 53.2 Å². The highest BCUT2D eigenvalue weighted by molar-refractivity contribution is 7.89. The Morgan fingerprint density at radius 2 is 1.88 bits per heavy atom. The molecule has 1 aliphatic rings. The summed E-state index contributed by atoms with van der Waals surface area (Å²) >= 11 is 0. The van der Waals surface area contributed by atoms with Gasteiger partial charge in [0.25, 0.3) is 0 Å². The summed E-state index contributed by atoms with van der Waals surface area (Å²) in [5.74, 6) is -0.301. The number of sulfonamides is 1. The maximum absolute atomic E-state index is 13.4. The van der Waals surface area contributed by atoms with Gasteiger partial charge in [0, 0.05) is 36.1 Å². The standard InChI is InChI=1S/C18H17FN2O2S/c1-12-2-5-14(6-3-12)24(22,23)21-9-8-17-16(11-21)15-7-4-13(19)10-18(15)20-17/h2-7,10,20H,8-9,11H2,1H3. The molecule has 24 heavy (non-hydrogen) atoms. The zero-order valence-corrected chi connectivity index (χ0v) is 14.0. The zero-order valence-electron chi connectivity index (χ0n) is 13.2. The Kier molecular flexibility index (Phi) is 3.47. The highest BCUT2D eigenvalue weighted by Crippen LogP contribution is 2.30. The van der Waals surface area contributed by atoms with Gasteiger partial charge in [0.1, 0.15) is 5.82 Å². The molecule has 0 saturated carbocycles. The molecular formula is C18H17FN2O2S. The number of halogens is 1. The average Bonchev–Trinajstić information content (AvgIpc) is 2.91. The quantitative estimate of drug-likeness (QED) is 0.775. The van der Waals surface area contributed by atoms with Crippen LogP contribution in [0.1, 0.15) is 16.8 Å². The van der Waals surface area contributed by atoms with Crippen molar-refractivity contribution in [3.8, 4) is 0 Å². The Morgan fingerprint density at radius 1 is 1.12 bits per heavy atom. The number of aromatic nitrogens is 1. The van der Waals surface area contributed by atoms with Crippen LogP contribution in [0.2, 0.25) is 0 Å². The fourth-order valence-electron chi connectivity index (χ4n) is 3.23. The molecule has 2 heterocycles. The number of aromatic amines is 1. The molecule has 0 saturated heterocycles. The maximum Gasteiger partial charge on any atom is 0.243 e. The molecule has 1 aromatic heterocycles. The fraction of sp³-hybridized carbons (Fsp3) is 0.222. The Morgan fingerprint density at radius 3 is 2.62 bits per heavy atom. The third kappa shape index (κ3) is 2.42. The average molecular weight is 344 g/mol. The summed E-state index contributed by atoms with van der Waals surface area (Å²) in [6, 6.07) is 11.5. The number of rotatable bonds is 2. The number of H-pyrrole nitrogens is 1. The molecule has 0 amide bonds. The molecule has 0 unspecified atom stereocenters.